The normalized spacial score (nSPS) is 24.8. The molecule has 0 spiro atoms. The predicted molar refractivity (Wildman–Crippen MR) is 90.2 cm³/mol. The van der Waals surface area contributed by atoms with E-state index in [1.54, 1.807) is 0 Å². The molecular weight excluding hydrogens is 381 g/mol. The number of benzene rings is 1. The molecule has 1 aliphatic rings. The highest BCUT2D eigenvalue weighted by atomic mass is 127. The summed E-state index contributed by atoms with van der Waals surface area (Å²) in [4.78, 5) is 23.8. The number of carboxylic acids is 1. The van der Waals surface area contributed by atoms with Gasteiger partial charge in [0.05, 0.1) is 11.8 Å². The van der Waals surface area contributed by atoms with Crippen molar-refractivity contribution in [3.8, 4) is 0 Å². The monoisotopic (exact) mass is 401 g/mol. The molecule has 0 aromatic heterocycles. The summed E-state index contributed by atoms with van der Waals surface area (Å²) in [6.07, 6.45) is 2.20. The molecule has 1 aromatic rings. The summed E-state index contributed by atoms with van der Waals surface area (Å²) in [7, 11) is 0. The van der Waals surface area contributed by atoms with Crippen molar-refractivity contribution in [1.29, 1.82) is 0 Å². The van der Waals surface area contributed by atoms with Crippen molar-refractivity contribution in [1.82, 2.24) is 0 Å². The van der Waals surface area contributed by atoms with Crippen LogP contribution < -0.4 is 5.32 Å². The van der Waals surface area contributed by atoms with E-state index < -0.39 is 17.8 Å². The van der Waals surface area contributed by atoms with Crippen molar-refractivity contribution in [2.75, 3.05) is 5.32 Å². The molecule has 114 valence electrons. The van der Waals surface area contributed by atoms with Gasteiger partial charge < -0.3 is 10.4 Å². The molecule has 1 unspecified atom stereocenters. The molecule has 0 heterocycles. The second kappa shape index (κ2) is 6.77. The van der Waals surface area contributed by atoms with Gasteiger partial charge >= 0.3 is 5.97 Å². The summed E-state index contributed by atoms with van der Waals surface area (Å²) in [5.74, 6) is -1.67. The summed E-state index contributed by atoms with van der Waals surface area (Å²) < 4.78 is 1.11. The summed E-state index contributed by atoms with van der Waals surface area (Å²) >= 11 is 2.22. The van der Waals surface area contributed by atoms with Gasteiger partial charge in [-0.05, 0) is 72.0 Å². The van der Waals surface area contributed by atoms with Crippen molar-refractivity contribution in [2.24, 2.45) is 17.8 Å². The molecule has 3 atom stereocenters. The van der Waals surface area contributed by atoms with Gasteiger partial charge in [0.1, 0.15) is 0 Å². The largest absolute Gasteiger partial charge is 0.481 e. The fraction of sp³-hybridized carbons (Fsp3) is 0.500. The standard InChI is InChI=1S/C16H20INO3/c1-3-10-7-12(13(8-10)16(20)21)15(19)18-14-5-4-11(17)6-9(14)2/h4-6,10,12-13H,3,7-8H2,1-2H3,(H,18,19)(H,20,21)/t10?,12-,13+/m0/s1. The third-order valence-electron chi connectivity index (χ3n) is 4.34. The lowest BCUT2D eigenvalue weighted by molar-refractivity contribution is -0.145. The van der Waals surface area contributed by atoms with Gasteiger partial charge in [-0.3, -0.25) is 9.59 Å². The Kier molecular flexibility index (Phi) is 5.24. The van der Waals surface area contributed by atoms with E-state index in [1.807, 2.05) is 32.0 Å². The number of hydrogen-bond donors (Lipinski definition) is 2. The molecule has 0 aliphatic heterocycles. The topological polar surface area (TPSA) is 66.4 Å². The highest BCUT2D eigenvalue weighted by Crippen LogP contribution is 2.39. The number of amides is 1. The number of aliphatic carboxylic acids is 1. The van der Waals surface area contributed by atoms with Crippen LogP contribution in [0, 0.1) is 28.2 Å². The number of anilines is 1. The molecule has 21 heavy (non-hydrogen) atoms. The molecule has 2 rings (SSSR count). The Hall–Kier alpha value is -1.11. The maximum absolute atomic E-state index is 12.5. The molecule has 0 bridgehead atoms. The van der Waals surface area contributed by atoms with Crippen LogP contribution in [0.15, 0.2) is 18.2 Å². The van der Waals surface area contributed by atoms with Gasteiger partial charge in [0, 0.05) is 9.26 Å². The van der Waals surface area contributed by atoms with E-state index in [0.29, 0.717) is 18.8 Å². The van der Waals surface area contributed by atoms with Crippen LogP contribution in [0.4, 0.5) is 5.69 Å². The maximum Gasteiger partial charge on any atom is 0.307 e. The summed E-state index contributed by atoms with van der Waals surface area (Å²) in [5, 5.41) is 12.2. The van der Waals surface area contributed by atoms with E-state index in [0.717, 1.165) is 21.2 Å². The first kappa shape index (κ1) is 16.3. The van der Waals surface area contributed by atoms with E-state index in [1.165, 1.54) is 0 Å². The van der Waals surface area contributed by atoms with Crippen molar-refractivity contribution >= 4 is 40.2 Å². The summed E-state index contributed by atoms with van der Waals surface area (Å²) in [6.45, 7) is 3.99. The SMILES string of the molecule is CCC1C[C@H](C(=O)Nc2ccc(I)cc2C)[C@H](C(=O)O)C1. The van der Waals surface area contributed by atoms with E-state index in [9.17, 15) is 14.7 Å². The molecule has 1 fully saturated rings. The number of carboxylic acid groups (broad SMARTS) is 1. The minimum absolute atomic E-state index is 0.164. The van der Waals surface area contributed by atoms with Crippen LogP contribution in [0.1, 0.15) is 31.7 Å². The fourth-order valence-corrected chi connectivity index (χ4v) is 3.68. The Morgan fingerprint density at radius 2 is 2.00 bits per heavy atom. The second-order valence-electron chi connectivity index (χ2n) is 5.75. The second-order valence-corrected chi connectivity index (χ2v) is 6.99. The minimum atomic E-state index is -0.856. The molecule has 1 aromatic carbocycles. The van der Waals surface area contributed by atoms with E-state index >= 15 is 0 Å². The van der Waals surface area contributed by atoms with Crippen LogP contribution >= 0.6 is 22.6 Å². The summed E-state index contributed by atoms with van der Waals surface area (Å²) in [5.41, 5.74) is 1.76. The summed E-state index contributed by atoms with van der Waals surface area (Å²) in [6, 6.07) is 5.80. The van der Waals surface area contributed by atoms with Crippen molar-refractivity contribution in [3.63, 3.8) is 0 Å². The van der Waals surface area contributed by atoms with Crippen molar-refractivity contribution in [3.05, 3.63) is 27.3 Å². The van der Waals surface area contributed by atoms with Gasteiger partial charge in [-0.25, -0.2) is 0 Å². The Morgan fingerprint density at radius 3 is 2.57 bits per heavy atom. The van der Waals surface area contributed by atoms with Gasteiger partial charge in [-0.1, -0.05) is 13.3 Å². The number of carbonyl (C=O) groups excluding carboxylic acids is 1. The molecule has 0 radical (unpaired) electrons. The first-order valence-corrected chi connectivity index (χ1v) is 8.30. The lowest BCUT2D eigenvalue weighted by Gasteiger charge is -2.16. The highest BCUT2D eigenvalue weighted by molar-refractivity contribution is 14.1. The van der Waals surface area contributed by atoms with E-state index in [4.69, 9.17) is 0 Å². The van der Waals surface area contributed by atoms with Gasteiger partial charge in [0.25, 0.3) is 0 Å². The lowest BCUT2D eigenvalue weighted by Crippen LogP contribution is -2.30. The zero-order chi connectivity index (χ0) is 15.6. The average molecular weight is 401 g/mol. The lowest BCUT2D eigenvalue weighted by atomic mass is 9.95. The third-order valence-corrected chi connectivity index (χ3v) is 5.01. The van der Waals surface area contributed by atoms with Gasteiger partial charge in [-0.2, -0.15) is 0 Å². The molecule has 4 nitrogen and oxygen atoms in total. The Balaban J connectivity index is 2.13. The molecule has 1 amide bonds. The first-order chi connectivity index (χ1) is 9.92. The van der Waals surface area contributed by atoms with Gasteiger partial charge in [0.2, 0.25) is 5.91 Å². The Labute approximate surface area is 138 Å². The van der Waals surface area contributed by atoms with Crippen LogP contribution in [0.5, 0.6) is 0 Å². The number of nitrogens with one attached hydrogen (secondary N) is 1. The molecule has 0 saturated heterocycles. The zero-order valence-corrected chi connectivity index (χ0v) is 14.4. The Bertz CT molecular complexity index is 558. The van der Waals surface area contributed by atoms with Crippen LogP contribution in [-0.4, -0.2) is 17.0 Å². The fourth-order valence-electron chi connectivity index (χ4n) is 3.03. The molecule has 1 saturated carbocycles. The zero-order valence-electron chi connectivity index (χ0n) is 12.2. The van der Waals surface area contributed by atoms with Crippen LogP contribution in [0.25, 0.3) is 0 Å². The van der Waals surface area contributed by atoms with Gasteiger partial charge in [0.15, 0.2) is 0 Å². The number of aryl methyl sites for hydroxylation is 1. The van der Waals surface area contributed by atoms with Gasteiger partial charge in [-0.15, -0.1) is 0 Å². The number of carbonyl (C=O) groups is 2. The van der Waals surface area contributed by atoms with Crippen molar-refractivity contribution in [2.45, 2.75) is 33.1 Å². The number of hydrogen-bond acceptors (Lipinski definition) is 2. The molecular formula is C16H20INO3. The smallest absolute Gasteiger partial charge is 0.307 e. The highest BCUT2D eigenvalue weighted by Gasteiger charge is 2.42. The minimum Gasteiger partial charge on any atom is -0.481 e. The van der Waals surface area contributed by atoms with Crippen LogP contribution in [0.2, 0.25) is 0 Å². The van der Waals surface area contributed by atoms with E-state index in [-0.39, 0.29) is 5.91 Å². The first-order valence-electron chi connectivity index (χ1n) is 7.22. The number of halogens is 1. The average Bonchev–Trinajstić information content (AvgIpc) is 2.86. The quantitative estimate of drug-likeness (QED) is 0.757. The predicted octanol–water partition coefficient (Wildman–Crippen LogP) is 3.68. The van der Waals surface area contributed by atoms with Crippen molar-refractivity contribution < 1.29 is 14.7 Å². The Morgan fingerprint density at radius 1 is 1.33 bits per heavy atom. The molecule has 1 aliphatic carbocycles. The third kappa shape index (κ3) is 3.75. The molecule has 2 N–H and O–H groups in total. The maximum atomic E-state index is 12.5. The van der Waals surface area contributed by atoms with Crippen LogP contribution in [-0.2, 0) is 9.59 Å². The van der Waals surface area contributed by atoms with E-state index in [2.05, 4.69) is 27.9 Å². The number of rotatable bonds is 4. The molecule has 5 heteroatoms. The van der Waals surface area contributed by atoms with Crippen LogP contribution in [0.3, 0.4) is 0 Å².